The molecule has 10 heteroatoms. The van der Waals surface area contributed by atoms with Crippen LogP contribution >= 0.6 is 46.4 Å². The van der Waals surface area contributed by atoms with Crippen LogP contribution in [0.2, 0.25) is 20.1 Å². The summed E-state index contributed by atoms with van der Waals surface area (Å²) in [5.74, 6) is 0.821. The number of hydrogen-bond acceptors (Lipinski definition) is 5. The van der Waals surface area contributed by atoms with E-state index in [1.807, 2.05) is 53.2 Å². The lowest BCUT2D eigenvalue weighted by Gasteiger charge is -2.21. The molecule has 1 aromatic heterocycles. The summed E-state index contributed by atoms with van der Waals surface area (Å²) in [6.45, 7) is 5.84. The Labute approximate surface area is 278 Å². The molecule has 2 N–H and O–H groups in total. The summed E-state index contributed by atoms with van der Waals surface area (Å²) in [6.07, 6.45) is 4.54. The molecule has 0 saturated carbocycles. The minimum Gasteiger partial charge on any atom is -0.490 e. The van der Waals surface area contributed by atoms with E-state index in [4.69, 9.17) is 55.9 Å². The molecule has 4 aromatic carbocycles. The van der Waals surface area contributed by atoms with Crippen molar-refractivity contribution in [3.63, 3.8) is 0 Å². The van der Waals surface area contributed by atoms with E-state index in [1.165, 1.54) is 0 Å². The van der Waals surface area contributed by atoms with Crippen LogP contribution in [-0.2, 0) is 17.9 Å². The number of fused-ring (bicyclic) bond motifs is 1. The molecular weight excluding hydrogens is 640 g/mol. The zero-order valence-electron chi connectivity index (χ0n) is 24.5. The number of aliphatic hydroxyl groups is 1. The fourth-order valence-corrected chi connectivity index (χ4v) is 5.35. The summed E-state index contributed by atoms with van der Waals surface area (Å²) < 4.78 is 13.8. The summed E-state index contributed by atoms with van der Waals surface area (Å²) in [7, 11) is 0. The van der Waals surface area contributed by atoms with E-state index in [2.05, 4.69) is 36.3 Å². The Kier molecular flexibility index (Phi) is 13.2. The molecule has 0 aliphatic carbocycles. The molecule has 232 valence electrons. The first-order valence-corrected chi connectivity index (χ1v) is 15.7. The van der Waals surface area contributed by atoms with E-state index in [-0.39, 0.29) is 6.10 Å². The lowest BCUT2D eigenvalue weighted by atomic mass is 10.1. The van der Waals surface area contributed by atoms with E-state index < -0.39 is 6.10 Å². The summed E-state index contributed by atoms with van der Waals surface area (Å²) in [5.41, 5.74) is 1.71. The van der Waals surface area contributed by atoms with Crippen molar-refractivity contribution in [1.82, 2.24) is 14.9 Å². The first-order valence-electron chi connectivity index (χ1n) is 14.2. The van der Waals surface area contributed by atoms with Gasteiger partial charge in [0.2, 0.25) is 0 Å². The largest absolute Gasteiger partial charge is 0.490 e. The molecule has 2 unspecified atom stereocenters. The Balaban J connectivity index is 0.000000209. The SMILES string of the molecule is CC(C)NCC(O)COc1cccc2ccccc12.Clc1ccc(COC(Cn2ccnc2)c2ccc(Cl)cc2Cl)c(Cl)c1. The van der Waals surface area contributed by atoms with Crippen molar-refractivity contribution in [3.05, 3.63) is 129 Å². The van der Waals surface area contributed by atoms with Crippen LogP contribution in [0.15, 0.2) is 97.6 Å². The molecule has 0 saturated heterocycles. The van der Waals surface area contributed by atoms with Crippen LogP contribution < -0.4 is 10.1 Å². The minimum absolute atomic E-state index is 0.286. The Morgan fingerprint density at radius 3 is 2.32 bits per heavy atom. The zero-order chi connectivity index (χ0) is 31.5. The van der Waals surface area contributed by atoms with Crippen molar-refractivity contribution < 1.29 is 14.6 Å². The minimum atomic E-state index is -0.499. The number of aromatic nitrogens is 2. The number of nitrogens with one attached hydrogen (secondary N) is 1. The van der Waals surface area contributed by atoms with Gasteiger partial charge >= 0.3 is 0 Å². The standard InChI is InChI=1S/C18H14Cl4N2O.C16H21NO2/c19-13-2-1-12(16(21)7-13)10-25-18(9-24-6-5-23-11-24)15-4-3-14(20)8-17(15)22;1-12(2)17-10-14(18)11-19-16-9-5-7-13-6-3-4-8-15(13)16/h1-8,11,18H,9-10H2;3-9,12,14,17-18H,10-11H2,1-2H3. The quantitative estimate of drug-likeness (QED) is 0.138. The predicted molar refractivity (Wildman–Crippen MR) is 181 cm³/mol. The van der Waals surface area contributed by atoms with Gasteiger partial charge in [0.25, 0.3) is 0 Å². The highest BCUT2D eigenvalue weighted by Crippen LogP contribution is 2.31. The van der Waals surface area contributed by atoms with Crippen molar-refractivity contribution in [2.75, 3.05) is 13.2 Å². The maximum Gasteiger partial charge on any atom is 0.127 e. The molecule has 5 aromatic rings. The molecule has 44 heavy (non-hydrogen) atoms. The van der Waals surface area contributed by atoms with Crippen molar-refractivity contribution in [2.24, 2.45) is 0 Å². The monoisotopic (exact) mass is 673 g/mol. The van der Waals surface area contributed by atoms with Crippen molar-refractivity contribution in [1.29, 1.82) is 0 Å². The highest BCUT2D eigenvalue weighted by molar-refractivity contribution is 6.35. The first kappa shape index (κ1) is 34.1. The number of nitrogens with zero attached hydrogens (tertiary/aromatic N) is 2. The van der Waals surface area contributed by atoms with Crippen LogP contribution in [0.1, 0.15) is 31.1 Å². The van der Waals surface area contributed by atoms with E-state index >= 15 is 0 Å². The number of rotatable bonds is 12. The van der Waals surface area contributed by atoms with E-state index in [9.17, 15) is 5.11 Å². The first-order chi connectivity index (χ1) is 21.2. The summed E-state index contributed by atoms with van der Waals surface area (Å²) >= 11 is 24.5. The van der Waals surface area contributed by atoms with Crippen molar-refractivity contribution in [3.8, 4) is 5.75 Å². The molecule has 0 bridgehead atoms. The third-order valence-electron chi connectivity index (χ3n) is 6.64. The lowest BCUT2D eigenvalue weighted by Crippen LogP contribution is -2.35. The summed E-state index contributed by atoms with van der Waals surface area (Å²) in [5, 5.41) is 17.5. The van der Waals surface area contributed by atoms with Crippen LogP contribution in [-0.4, -0.2) is 40.0 Å². The highest BCUT2D eigenvalue weighted by atomic mass is 35.5. The number of aliphatic hydroxyl groups excluding tert-OH is 1. The van der Waals surface area contributed by atoms with Crippen LogP contribution in [0, 0.1) is 0 Å². The maximum atomic E-state index is 9.84. The van der Waals surface area contributed by atoms with E-state index in [0.717, 1.165) is 27.6 Å². The van der Waals surface area contributed by atoms with Crippen molar-refractivity contribution >= 4 is 57.2 Å². The smallest absolute Gasteiger partial charge is 0.127 e. The lowest BCUT2D eigenvalue weighted by molar-refractivity contribution is 0.0281. The molecule has 5 rings (SSSR count). The molecule has 6 nitrogen and oxygen atoms in total. The predicted octanol–water partition coefficient (Wildman–Crippen LogP) is 9.03. The number of benzene rings is 4. The van der Waals surface area contributed by atoms with Gasteiger partial charge in [-0.3, -0.25) is 0 Å². The number of ether oxygens (including phenoxy) is 2. The van der Waals surface area contributed by atoms with Crippen molar-refractivity contribution in [2.45, 2.75) is 45.2 Å². The van der Waals surface area contributed by atoms with Gasteiger partial charge in [-0.15, -0.1) is 0 Å². The second-order valence-electron chi connectivity index (χ2n) is 10.5. The molecule has 0 radical (unpaired) electrons. The van der Waals surface area contributed by atoms with Gasteiger partial charge in [0.05, 0.1) is 19.5 Å². The topological polar surface area (TPSA) is 68.5 Å². The van der Waals surface area contributed by atoms with Crippen LogP contribution in [0.4, 0.5) is 0 Å². The Morgan fingerprint density at radius 1 is 0.886 bits per heavy atom. The van der Waals surface area contributed by atoms with Gasteiger partial charge < -0.3 is 24.5 Å². The van der Waals surface area contributed by atoms with Gasteiger partial charge in [0.15, 0.2) is 0 Å². The van der Waals surface area contributed by atoms with Gasteiger partial charge in [-0.05, 0) is 41.3 Å². The average Bonchev–Trinajstić information content (AvgIpc) is 3.51. The molecule has 0 aliphatic heterocycles. The zero-order valence-corrected chi connectivity index (χ0v) is 27.5. The molecule has 0 amide bonds. The number of imidazole rings is 1. The Bertz CT molecular complexity index is 1610. The van der Waals surface area contributed by atoms with Gasteiger partial charge in [-0.25, -0.2) is 4.98 Å². The second kappa shape index (κ2) is 17.0. The molecular formula is C34H35Cl4N3O3. The second-order valence-corrected chi connectivity index (χ2v) is 12.2. The third kappa shape index (κ3) is 10.4. The fraction of sp³-hybridized carbons (Fsp3) is 0.265. The number of hydrogen-bond donors (Lipinski definition) is 2. The Hall–Kier alpha value is -2.81. The fourth-order valence-electron chi connectivity index (χ4n) is 4.36. The third-order valence-corrected chi connectivity index (χ3v) is 7.79. The summed E-state index contributed by atoms with van der Waals surface area (Å²) in [6, 6.07) is 25.1. The van der Waals surface area contributed by atoms with E-state index in [1.54, 1.807) is 36.8 Å². The highest BCUT2D eigenvalue weighted by Gasteiger charge is 2.18. The van der Waals surface area contributed by atoms with Gasteiger partial charge in [0.1, 0.15) is 24.6 Å². The normalized spacial score (nSPS) is 12.5. The van der Waals surface area contributed by atoms with Gasteiger partial charge in [0, 0.05) is 56.0 Å². The Morgan fingerprint density at radius 2 is 1.61 bits per heavy atom. The van der Waals surface area contributed by atoms with Crippen LogP contribution in [0.5, 0.6) is 5.75 Å². The maximum absolute atomic E-state index is 9.84. The molecule has 0 aliphatic rings. The van der Waals surface area contributed by atoms with Crippen LogP contribution in [0.3, 0.4) is 0 Å². The summed E-state index contributed by atoms with van der Waals surface area (Å²) in [4.78, 5) is 4.07. The van der Waals surface area contributed by atoms with Gasteiger partial charge in [-0.2, -0.15) is 0 Å². The van der Waals surface area contributed by atoms with Crippen LogP contribution in [0.25, 0.3) is 10.8 Å². The molecule has 0 fully saturated rings. The molecule has 1 heterocycles. The molecule has 2 atom stereocenters. The number of halogens is 4. The average molecular weight is 675 g/mol. The van der Waals surface area contributed by atoms with Gasteiger partial charge in [-0.1, -0.05) is 109 Å². The molecule has 0 spiro atoms. The van der Waals surface area contributed by atoms with E-state index in [0.29, 0.717) is 52.4 Å².